The molecule has 0 aliphatic heterocycles. The Morgan fingerprint density at radius 1 is 1.17 bits per heavy atom. The molecule has 156 valence electrons. The zero-order valence-corrected chi connectivity index (χ0v) is 19.6. The Morgan fingerprint density at radius 3 is 2.62 bits per heavy atom. The minimum Gasteiger partial charge on any atom is -0.490 e. The molecule has 0 radical (unpaired) electrons. The summed E-state index contributed by atoms with van der Waals surface area (Å²) in [5.41, 5.74) is 4.17. The lowest BCUT2D eigenvalue weighted by molar-refractivity contribution is 0.347. The summed E-state index contributed by atoms with van der Waals surface area (Å²) in [4.78, 5) is 7.29. The van der Waals surface area contributed by atoms with E-state index in [1.54, 1.807) is 0 Å². The van der Waals surface area contributed by atoms with Crippen LogP contribution in [-0.4, -0.2) is 34.6 Å². The van der Waals surface area contributed by atoms with Crippen LogP contribution in [0.2, 0.25) is 5.02 Å². The Kier molecular flexibility index (Phi) is 7.67. The number of anilines is 3. The van der Waals surface area contributed by atoms with Gasteiger partial charge in [0.2, 0.25) is 5.95 Å². The number of fused-ring (bicyclic) bond motifs is 1. The first-order valence-corrected chi connectivity index (χ1v) is 11.5. The number of halogens is 2. The lowest BCUT2D eigenvalue weighted by atomic mass is 10.2. The van der Waals surface area contributed by atoms with Crippen LogP contribution in [0.5, 0.6) is 5.75 Å². The van der Waals surface area contributed by atoms with E-state index in [4.69, 9.17) is 21.3 Å². The standard InChI is InChI=1S/C22H28BrClN4O/c1-4-12-28(13-5-2)19-8-6-7-18-21(19)27(3)22(26-18)25-17-10-9-16(24)15-20(17)29-14-11-23/h6-10,15H,4-5,11-14H2,1-3H3,(H,25,26). The van der Waals surface area contributed by atoms with Gasteiger partial charge < -0.3 is 19.5 Å². The highest BCUT2D eigenvalue weighted by Gasteiger charge is 2.16. The molecular formula is C22H28BrClN4O. The second kappa shape index (κ2) is 10.2. The number of aryl methyl sites for hydroxylation is 1. The fourth-order valence-corrected chi connectivity index (χ4v) is 3.82. The normalized spacial score (nSPS) is 11.1. The summed E-state index contributed by atoms with van der Waals surface area (Å²) in [6, 6.07) is 11.9. The second-order valence-electron chi connectivity index (χ2n) is 6.93. The first-order valence-electron chi connectivity index (χ1n) is 10.0. The van der Waals surface area contributed by atoms with E-state index in [1.165, 1.54) is 5.69 Å². The van der Waals surface area contributed by atoms with Crippen LogP contribution in [0.1, 0.15) is 26.7 Å². The van der Waals surface area contributed by atoms with Crippen molar-refractivity contribution in [3.63, 3.8) is 0 Å². The van der Waals surface area contributed by atoms with E-state index in [9.17, 15) is 0 Å². The molecule has 0 amide bonds. The molecule has 1 heterocycles. The van der Waals surface area contributed by atoms with Crippen molar-refractivity contribution in [3.05, 3.63) is 41.4 Å². The molecule has 0 unspecified atom stereocenters. The van der Waals surface area contributed by atoms with Gasteiger partial charge in [0.15, 0.2) is 0 Å². The number of aromatic nitrogens is 2. The van der Waals surface area contributed by atoms with Gasteiger partial charge in [0, 0.05) is 36.6 Å². The van der Waals surface area contributed by atoms with Crippen LogP contribution in [0.4, 0.5) is 17.3 Å². The van der Waals surface area contributed by atoms with Gasteiger partial charge >= 0.3 is 0 Å². The molecule has 0 fully saturated rings. The van der Waals surface area contributed by atoms with E-state index in [1.807, 2.05) is 25.2 Å². The molecule has 0 atom stereocenters. The molecule has 1 N–H and O–H groups in total. The Morgan fingerprint density at radius 2 is 1.93 bits per heavy atom. The lowest BCUT2D eigenvalue weighted by Crippen LogP contribution is -2.25. The zero-order valence-electron chi connectivity index (χ0n) is 17.2. The molecular weight excluding hydrogens is 452 g/mol. The fourth-order valence-electron chi connectivity index (χ4n) is 3.50. The van der Waals surface area contributed by atoms with Crippen LogP contribution in [0.25, 0.3) is 11.0 Å². The summed E-state index contributed by atoms with van der Waals surface area (Å²) >= 11 is 9.56. The van der Waals surface area contributed by atoms with Gasteiger partial charge in [0.25, 0.3) is 0 Å². The number of ether oxygens (including phenoxy) is 1. The predicted octanol–water partition coefficient (Wildman–Crippen LogP) is 6.37. The average Bonchev–Trinajstić information content (AvgIpc) is 3.03. The van der Waals surface area contributed by atoms with Crippen LogP contribution in [-0.2, 0) is 7.05 Å². The molecule has 0 aliphatic rings. The Labute approximate surface area is 186 Å². The molecule has 0 saturated carbocycles. The van der Waals surface area contributed by atoms with E-state index < -0.39 is 0 Å². The topological polar surface area (TPSA) is 42.3 Å². The third-order valence-electron chi connectivity index (χ3n) is 4.73. The van der Waals surface area contributed by atoms with Crippen molar-refractivity contribution < 1.29 is 4.74 Å². The monoisotopic (exact) mass is 478 g/mol. The minimum atomic E-state index is 0.560. The highest BCUT2D eigenvalue weighted by atomic mass is 79.9. The smallest absolute Gasteiger partial charge is 0.208 e. The van der Waals surface area contributed by atoms with E-state index in [0.29, 0.717) is 17.4 Å². The molecule has 5 nitrogen and oxygen atoms in total. The molecule has 2 aromatic carbocycles. The minimum absolute atomic E-state index is 0.560. The molecule has 3 rings (SSSR count). The van der Waals surface area contributed by atoms with Crippen molar-refractivity contribution in [1.29, 1.82) is 0 Å². The fraction of sp³-hybridized carbons (Fsp3) is 0.409. The summed E-state index contributed by atoms with van der Waals surface area (Å²) in [6.07, 6.45) is 2.22. The van der Waals surface area contributed by atoms with Crippen molar-refractivity contribution >= 4 is 55.9 Å². The summed E-state index contributed by atoms with van der Waals surface area (Å²) in [6.45, 7) is 7.05. The van der Waals surface area contributed by atoms with Gasteiger partial charge in [0.1, 0.15) is 5.75 Å². The van der Waals surface area contributed by atoms with Crippen LogP contribution < -0.4 is 15.0 Å². The van der Waals surface area contributed by atoms with E-state index >= 15 is 0 Å². The van der Waals surface area contributed by atoms with Crippen LogP contribution in [0, 0.1) is 0 Å². The van der Waals surface area contributed by atoms with Crippen molar-refractivity contribution in [2.45, 2.75) is 26.7 Å². The second-order valence-corrected chi connectivity index (χ2v) is 8.16. The van der Waals surface area contributed by atoms with Gasteiger partial charge in [0.05, 0.1) is 29.0 Å². The van der Waals surface area contributed by atoms with Gasteiger partial charge in [-0.1, -0.05) is 47.4 Å². The van der Waals surface area contributed by atoms with Gasteiger partial charge in [-0.2, -0.15) is 0 Å². The van der Waals surface area contributed by atoms with Crippen molar-refractivity contribution in [2.24, 2.45) is 7.05 Å². The summed E-state index contributed by atoms with van der Waals surface area (Å²) in [7, 11) is 2.05. The Hall–Kier alpha value is -1.92. The molecule has 7 heteroatoms. The third kappa shape index (κ3) is 4.98. The molecule has 0 bridgehead atoms. The molecule has 0 spiro atoms. The molecule has 1 aromatic heterocycles. The van der Waals surface area contributed by atoms with Gasteiger partial charge in [-0.3, -0.25) is 0 Å². The van der Waals surface area contributed by atoms with Crippen LogP contribution >= 0.6 is 27.5 Å². The van der Waals surface area contributed by atoms with Gasteiger partial charge in [-0.05, 0) is 37.1 Å². The zero-order chi connectivity index (χ0) is 20.8. The molecule has 0 saturated heterocycles. The average molecular weight is 480 g/mol. The van der Waals surface area contributed by atoms with Gasteiger partial charge in [-0.15, -0.1) is 0 Å². The number of imidazole rings is 1. The Balaban J connectivity index is 2.00. The van der Waals surface area contributed by atoms with Crippen LogP contribution in [0.15, 0.2) is 36.4 Å². The maximum Gasteiger partial charge on any atom is 0.208 e. The number of para-hydroxylation sites is 1. The largest absolute Gasteiger partial charge is 0.490 e. The lowest BCUT2D eigenvalue weighted by Gasteiger charge is -2.25. The number of benzene rings is 2. The quantitative estimate of drug-likeness (QED) is 0.343. The SMILES string of the molecule is CCCN(CCC)c1cccc2nc(Nc3ccc(Cl)cc3OCCBr)n(C)c12. The molecule has 0 aliphatic carbocycles. The number of nitrogens with one attached hydrogen (secondary N) is 1. The molecule has 29 heavy (non-hydrogen) atoms. The van der Waals surface area contributed by atoms with E-state index in [2.05, 4.69) is 62.8 Å². The number of alkyl halides is 1. The van der Waals surface area contributed by atoms with E-state index in [0.717, 1.165) is 53.9 Å². The number of hydrogen-bond donors (Lipinski definition) is 1. The van der Waals surface area contributed by atoms with Crippen molar-refractivity contribution in [2.75, 3.05) is 35.2 Å². The maximum absolute atomic E-state index is 6.16. The third-order valence-corrected chi connectivity index (χ3v) is 5.28. The van der Waals surface area contributed by atoms with E-state index in [-0.39, 0.29) is 0 Å². The number of rotatable bonds is 10. The predicted molar refractivity (Wildman–Crippen MR) is 128 cm³/mol. The van der Waals surface area contributed by atoms with Crippen molar-refractivity contribution in [3.8, 4) is 5.75 Å². The van der Waals surface area contributed by atoms with Crippen molar-refractivity contribution in [1.82, 2.24) is 9.55 Å². The summed E-state index contributed by atoms with van der Waals surface area (Å²) in [5, 5.41) is 4.82. The Bertz CT molecular complexity index is 953. The first-order chi connectivity index (χ1) is 14.1. The first kappa shape index (κ1) is 21.8. The maximum atomic E-state index is 6.16. The highest BCUT2D eigenvalue weighted by molar-refractivity contribution is 9.09. The number of hydrogen-bond acceptors (Lipinski definition) is 4. The van der Waals surface area contributed by atoms with Gasteiger partial charge in [-0.25, -0.2) is 4.98 Å². The molecule has 3 aromatic rings. The summed E-state index contributed by atoms with van der Waals surface area (Å²) < 4.78 is 7.96. The highest BCUT2D eigenvalue weighted by Crippen LogP contribution is 2.34. The van der Waals surface area contributed by atoms with Crippen LogP contribution in [0.3, 0.4) is 0 Å². The summed E-state index contributed by atoms with van der Waals surface area (Å²) in [5.74, 6) is 1.48. The number of nitrogens with zero attached hydrogens (tertiary/aromatic N) is 3.